The Morgan fingerprint density at radius 2 is 2.21 bits per heavy atom. The van der Waals surface area contributed by atoms with Crippen molar-refractivity contribution in [3.8, 4) is 0 Å². The second-order valence-corrected chi connectivity index (χ2v) is 5.37. The van der Waals surface area contributed by atoms with Gasteiger partial charge in [-0.15, -0.1) is 0 Å². The fraction of sp³-hybridized carbons (Fsp3) is 0.357. The first-order chi connectivity index (χ1) is 9.01. The molecule has 0 fully saturated rings. The molecule has 5 heteroatoms. The molecule has 0 aliphatic heterocycles. The lowest BCUT2D eigenvalue weighted by Crippen LogP contribution is -2.04. The van der Waals surface area contributed by atoms with E-state index in [1.54, 1.807) is 10.7 Å². The highest BCUT2D eigenvalue weighted by Crippen LogP contribution is 2.26. The van der Waals surface area contributed by atoms with Gasteiger partial charge in [0.25, 0.3) is 0 Å². The second-order valence-electron chi connectivity index (χ2n) is 4.51. The van der Waals surface area contributed by atoms with E-state index in [4.69, 9.17) is 0 Å². The van der Waals surface area contributed by atoms with Crippen LogP contribution in [0.5, 0.6) is 0 Å². The van der Waals surface area contributed by atoms with Gasteiger partial charge in [-0.05, 0) is 30.2 Å². The Labute approximate surface area is 120 Å². The van der Waals surface area contributed by atoms with Crippen LogP contribution in [0.15, 0.2) is 28.9 Å². The maximum absolute atomic E-state index is 13.2. The summed E-state index contributed by atoms with van der Waals surface area (Å²) in [6.07, 6.45) is 2.26. The first-order valence-corrected chi connectivity index (χ1v) is 6.95. The molecule has 102 valence electrons. The standard InChI is InChI=1S/C14H16BrFN2O/c1-3-13-11(8-18(2)17-13)14(19)7-9-6-10(16)4-5-12(9)15/h4-6,8,14,19H,3,7H2,1-2H3. The van der Waals surface area contributed by atoms with E-state index < -0.39 is 6.10 Å². The summed E-state index contributed by atoms with van der Waals surface area (Å²) in [4.78, 5) is 0. The molecule has 0 spiro atoms. The van der Waals surface area contributed by atoms with Crippen molar-refractivity contribution >= 4 is 15.9 Å². The zero-order valence-electron chi connectivity index (χ0n) is 10.9. The highest BCUT2D eigenvalue weighted by atomic mass is 79.9. The van der Waals surface area contributed by atoms with Crippen LogP contribution in [-0.4, -0.2) is 14.9 Å². The van der Waals surface area contributed by atoms with Gasteiger partial charge in [-0.1, -0.05) is 22.9 Å². The van der Waals surface area contributed by atoms with Crippen LogP contribution >= 0.6 is 15.9 Å². The molecule has 0 radical (unpaired) electrons. The van der Waals surface area contributed by atoms with Crippen molar-refractivity contribution in [1.29, 1.82) is 0 Å². The minimum atomic E-state index is -0.679. The van der Waals surface area contributed by atoms with Gasteiger partial charge < -0.3 is 5.11 Å². The normalized spacial score (nSPS) is 12.7. The smallest absolute Gasteiger partial charge is 0.123 e. The monoisotopic (exact) mass is 326 g/mol. The number of hydrogen-bond donors (Lipinski definition) is 1. The van der Waals surface area contributed by atoms with Gasteiger partial charge >= 0.3 is 0 Å². The number of aromatic nitrogens is 2. The Bertz CT molecular complexity index is 583. The van der Waals surface area contributed by atoms with Crippen molar-refractivity contribution in [2.45, 2.75) is 25.9 Å². The number of aryl methyl sites for hydroxylation is 2. The lowest BCUT2D eigenvalue weighted by atomic mass is 10.0. The molecule has 1 aromatic carbocycles. The molecule has 1 unspecified atom stereocenters. The number of hydrogen-bond acceptors (Lipinski definition) is 2. The predicted molar refractivity (Wildman–Crippen MR) is 75.3 cm³/mol. The van der Waals surface area contributed by atoms with E-state index in [1.165, 1.54) is 12.1 Å². The molecule has 1 atom stereocenters. The number of benzene rings is 1. The summed E-state index contributed by atoms with van der Waals surface area (Å²) in [7, 11) is 1.83. The molecule has 0 bridgehead atoms. The molecule has 3 nitrogen and oxygen atoms in total. The number of aliphatic hydroxyl groups is 1. The highest BCUT2D eigenvalue weighted by molar-refractivity contribution is 9.10. The predicted octanol–water partition coefficient (Wildman–Crippen LogP) is 3.16. The number of rotatable bonds is 4. The highest BCUT2D eigenvalue weighted by Gasteiger charge is 2.17. The summed E-state index contributed by atoms with van der Waals surface area (Å²) in [6.45, 7) is 2.00. The van der Waals surface area contributed by atoms with Crippen LogP contribution in [-0.2, 0) is 19.9 Å². The molecule has 2 aromatic rings. The van der Waals surface area contributed by atoms with Crippen LogP contribution in [0.1, 0.15) is 29.8 Å². The Morgan fingerprint density at radius 3 is 2.89 bits per heavy atom. The molecular formula is C14H16BrFN2O. The van der Waals surface area contributed by atoms with Gasteiger partial charge in [0.2, 0.25) is 0 Å². The number of aliphatic hydroxyl groups excluding tert-OH is 1. The van der Waals surface area contributed by atoms with E-state index >= 15 is 0 Å². The number of halogens is 2. The van der Waals surface area contributed by atoms with Crippen molar-refractivity contribution in [3.63, 3.8) is 0 Å². The summed E-state index contributed by atoms with van der Waals surface area (Å²) < 4.78 is 15.7. The third-order valence-electron chi connectivity index (χ3n) is 3.05. The van der Waals surface area contributed by atoms with Gasteiger partial charge in [0, 0.05) is 29.7 Å². The molecule has 1 aromatic heterocycles. The number of nitrogens with zero attached hydrogens (tertiary/aromatic N) is 2. The molecule has 0 aliphatic carbocycles. The minimum Gasteiger partial charge on any atom is -0.388 e. The van der Waals surface area contributed by atoms with Gasteiger partial charge in [-0.3, -0.25) is 4.68 Å². The summed E-state index contributed by atoms with van der Waals surface area (Å²) >= 11 is 3.37. The molecule has 19 heavy (non-hydrogen) atoms. The van der Waals surface area contributed by atoms with Crippen LogP contribution < -0.4 is 0 Å². The van der Waals surface area contributed by atoms with Gasteiger partial charge in [-0.2, -0.15) is 5.10 Å². The molecular weight excluding hydrogens is 311 g/mol. The van der Waals surface area contributed by atoms with Crippen molar-refractivity contribution in [2.24, 2.45) is 7.05 Å². The first-order valence-electron chi connectivity index (χ1n) is 6.15. The zero-order valence-corrected chi connectivity index (χ0v) is 12.5. The van der Waals surface area contributed by atoms with Crippen LogP contribution in [0.3, 0.4) is 0 Å². The molecule has 0 amide bonds. The molecule has 0 saturated carbocycles. The Morgan fingerprint density at radius 1 is 1.47 bits per heavy atom. The summed E-state index contributed by atoms with van der Waals surface area (Å²) in [5.74, 6) is -0.299. The van der Waals surface area contributed by atoms with Crippen molar-refractivity contribution in [1.82, 2.24) is 9.78 Å². The fourth-order valence-electron chi connectivity index (χ4n) is 2.12. The van der Waals surface area contributed by atoms with Crippen LogP contribution in [0.25, 0.3) is 0 Å². The van der Waals surface area contributed by atoms with Gasteiger partial charge in [0.15, 0.2) is 0 Å². The lowest BCUT2D eigenvalue weighted by Gasteiger charge is -2.12. The fourth-order valence-corrected chi connectivity index (χ4v) is 2.53. The maximum Gasteiger partial charge on any atom is 0.123 e. The third-order valence-corrected chi connectivity index (χ3v) is 3.83. The zero-order chi connectivity index (χ0) is 14.0. The van der Waals surface area contributed by atoms with Gasteiger partial charge in [-0.25, -0.2) is 4.39 Å². The Kier molecular flexibility index (Phi) is 4.37. The molecule has 2 rings (SSSR count). The van der Waals surface area contributed by atoms with Gasteiger partial charge in [0.1, 0.15) is 5.82 Å². The molecule has 0 aliphatic rings. The second kappa shape index (κ2) is 5.84. The van der Waals surface area contributed by atoms with Crippen molar-refractivity contribution < 1.29 is 9.50 Å². The maximum atomic E-state index is 13.2. The summed E-state index contributed by atoms with van der Waals surface area (Å²) in [5, 5.41) is 14.6. The first kappa shape index (κ1) is 14.2. The molecule has 1 N–H and O–H groups in total. The van der Waals surface area contributed by atoms with Crippen molar-refractivity contribution in [2.75, 3.05) is 0 Å². The van der Waals surface area contributed by atoms with Crippen LogP contribution in [0, 0.1) is 5.82 Å². The topological polar surface area (TPSA) is 38.0 Å². The van der Waals surface area contributed by atoms with E-state index in [-0.39, 0.29) is 5.82 Å². The van der Waals surface area contributed by atoms with Crippen LogP contribution in [0.4, 0.5) is 4.39 Å². The average Bonchev–Trinajstić information content (AvgIpc) is 2.75. The quantitative estimate of drug-likeness (QED) is 0.937. The van der Waals surface area contributed by atoms with E-state index in [2.05, 4.69) is 21.0 Å². The third kappa shape index (κ3) is 3.22. The van der Waals surface area contributed by atoms with E-state index in [1.807, 2.05) is 20.2 Å². The average molecular weight is 327 g/mol. The molecule has 1 heterocycles. The van der Waals surface area contributed by atoms with E-state index in [9.17, 15) is 9.50 Å². The van der Waals surface area contributed by atoms with E-state index in [0.29, 0.717) is 6.42 Å². The van der Waals surface area contributed by atoms with Gasteiger partial charge in [0.05, 0.1) is 11.8 Å². The van der Waals surface area contributed by atoms with Crippen LogP contribution in [0.2, 0.25) is 0 Å². The largest absolute Gasteiger partial charge is 0.388 e. The SMILES string of the molecule is CCc1nn(C)cc1C(O)Cc1cc(F)ccc1Br. The Balaban J connectivity index is 2.25. The van der Waals surface area contributed by atoms with Crippen molar-refractivity contribution in [3.05, 3.63) is 51.5 Å². The van der Waals surface area contributed by atoms with E-state index in [0.717, 1.165) is 27.7 Å². The summed E-state index contributed by atoms with van der Waals surface area (Å²) in [5.41, 5.74) is 2.43. The summed E-state index contributed by atoms with van der Waals surface area (Å²) in [6, 6.07) is 4.48. The minimum absolute atomic E-state index is 0.299. The lowest BCUT2D eigenvalue weighted by molar-refractivity contribution is 0.177. The molecule has 0 saturated heterocycles. The Hall–Kier alpha value is -1.20.